The van der Waals surface area contributed by atoms with Gasteiger partial charge in [0.15, 0.2) is 11.5 Å². The largest absolute Gasteiger partial charge is 0.447 e. The molecule has 2 nitrogen and oxygen atoms in total. The first-order valence-corrected chi connectivity index (χ1v) is 8.32. The third kappa shape index (κ3) is 3.38. The SMILES string of the molecule is FC(F)(F)Sc1cc(Br)cc(Br)c1C1Oc2c[c]ccc2O1. The fraction of sp³-hybridized carbons (Fsp3) is 0.143. The molecule has 22 heavy (non-hydrogen) atoms. The van der Waals surface area contributed by atoms with E-state index in [2.05, 4.69) is 37.9 Å². The van der Waals surface area contributed by atoms with Gasteiger partial charge in [-0.1, -0.05) is 37.9 Å². The smallest absolute Gasteiger partial charge is 0.446 e. The molecule has 3 rings (SSSR count). The van der Waals surface area contributed by atoms with E-state index in [0.29, 0.717) is 26.0 Å². The molecule has 0 bridgehead atoms. The van der Waals surface area contributed by atoms with E-state index < -0.39 is 11.8 Å². The minimum atomic E-state index is -4.41. The van der Waals surface area contributed by atoms with Crippen molar-refractivity contribution in [1.82, 2.24) is 0 Å². The van der Waals surface area contributed by atoms with Crippen molar-refractivity contribution in [1.29, 1.82) is 0 Å². The van der Waals surface area contributed by atoms with Crippen molar-refractivity contribution in [2.45, 2.75) is 16.7 Å². The van der Waals surface area contributed by atoms with E-state index in [9.17, 15) is 13.2 Å². The minimum absolute atomic E-state index is 0.00976. The monoisotopic (exact) mass is 453 g/mol. The predicted octanol–water partition coefficient (Wildman–Crippen LogP) is 6.09. The molecule has 1 aliphatic rings. The summed E-state index contributed by atoms with van der Waals surface area (Å²) in [6, 6.07) is 10.8. The fourth-order valence-corrected chi connectivity index (χ4v) is 4.41. The summed E-state index contributed by atoms with van der Waals surface area (Å²) in [4.78, 5) is 0.00976. The number of ether oxygens (including phenoxy) is 2. The van der Waals surface area contributed by atoms with Crippen LogP contribution in [0.4, 0.5) is 13.2 Å². The summed E-state index contributed by atoms with van der Waals surface area (Å²) in [6.45, 7) is 0. The molecule has 0 N–H and O–H groups in total. The van der Waals surface area contributed by atoms with Crippen molar-refractivity contribution < 1.29 is 22.6 Å². The van der Waals surface area contributed by atoms with Gasteiger partial charge in [-0.2, -0.15) is 13.2 Å². The van der Waals surface area contributed by atoms with Crippen molar-refractivity contribution in [3.63, 3.8) is 0 Å². The molecule has 2 aromatic rings. The maximum absolute atomic E-state index is 12.8. The molecule has 2 aromatic carbocycles. The quantitative estimate of drug-likeness (QED) is 0.511. The number of halogens is 5. The summed E-state index contributed by atoms with van der Waals surface area (Å²) in [5.41, 5.74) is -4.12. The Morgan fingerprint density at radius 1 is 1.14 bits per heavy atom. The van der Waals surface area contributed by atoms with Crippen molar-refractivity contribution in [3.05, 3.63) is 50.9 Å². The maximum Gasteiger partial charge on any atom is 0.446 e. The lowest BCUT2D eigenvalue weighted by atomic mass is 10.2. The van der Waals surface area contributed by atoms with E-state index in [1.807, 2.05) is 0 Å². The van der Waals surface area contributed by atoms with Crippen molar-refractivity contribution in [2.75, 3.05) is 0 Å². The Morgan fingerprint density at radius 3 is 2.55 bits per heavy atom. The van der Waals surface area contributed by atoms with Crippen LogP contribution in [-0.2, 0) is 0 Å². The van der Waals surface area contributed by atoms with Gasteiger partial charge < -0.3 is 9.47 Å². The van der Waals surface area contributed by atoms with Crippen LogP contribution in [0.3, 0.4) is 0 Å². The molecular formula is C14H6Br2F3O2S. The van der Waals surface area contributed by atoms with Crippen LogP contribution in [0, 0.1) is 6.07 Å². The molecule has 0 aliphatic carbocycles. The maximum atomic E-state index is 12.8. The highest BCUT2D eigenvalue weighted by Gasteiger charge is 2.35. The average Bonchev–Trinajstić information content (AvgIpc) is 2.78. The van der Waals surface area contributed by atoms with Crippen molar-refractivity contribution in [3.8, 4) is 11.5 Å². The molecule has 1 radical (unpaired) electrons. The summed E-state index contributed by atoms with van der Waals surface area (Å²) in [6.07, 6.45) is -0.946. The molecule has 0 amide bonds. The average molecular weight is 455 g/mol. The highest BCUT2D eigenvalue weighted by Crippen LogP contribution is 2.48. The van der Waals surface area contributed by atoms with Crippen LogP contribution in [-0.4, -0.2) is 5.51 Å². The van der Waals surface area contributed by atoms with Gasteiger partial charge in [0.1, 0.15) is 0 Å². The highest BCUT2D eigenvalue weighted by atomic mass is 79.9. The van der Waals surface area contributed by atoms with Gasteiger partial charge >= 0.3 is 5.51 Å². The number of hydrogen-bond donors (Lipinski definition) is 0. The molecule has 0 fully saturated rings. The molecule has 8 heteroatoms. The standard InChI is InChI=1S/C14H6Br2F3O2S/c15-7-5-8(16)12(11(6-7)22-14(17,18)19)13-20-9-3-1-2-4-10(9)21-13/h1,3-6,13H. The Bertz CT molecular complexity index is 697. The van der Waals surface area contributed by atoms with Gasteiger partial charge in [-0.3, -0.25) is 0 Å². The second kappa shape index (κ2) is 5.98. The van der Waals surface area contributed by atoms with E-state index in [0.717, 1.165) is 0 Å². The van der Waals surface area contributed by atoms with Gasteiger partial charge in [-0.05, 0) is 42.1 Å². The molecule has 0 aromatic heterocycles. The van der Waals surface area contributed by atoms with Crippen LogP contribution in [0.1, 0.15) is 11.9 Å². The van der Waals surface area contributed by atoms with Crippen LogP contribution in [0.15, 0.2) is 44.2 Å². The molecule has 1 aliphatic heterocycles. The first-order chi connectivity index (χ1) is 10.3. The van der Waals surface area contributed by atoms with E-state index in [1.54, 1.807) is 24.3 Å². The second-order valence-electron chi connectivity index (χ2n) is 4.29. The second-order valence-corrected chi connectivity index (χ2v) is 7.16. The Hall–Kier alpha value is -0.860. The zero-order chi connectivity index (χ0) is 15.9. The zero-order valence-corrected chi connectivity index (χ0v) is 14.6. The summed E-state index contributed by atoms with van der Waals surface area (Å²) in [5.74, 6) is 0.923. The van der Waals surface area contributed by atoms with Gasteiger partial charge in [-0.15, -0.1) is 0 Å². The lowest BCUT2D eigenvalue weighted by Gasteiger charge is -2.18. The lowest BCUT2D eigenvalue weighted by Crippen LogP contribution is -2.12. The molecule has 115 valence electrons. The first-order valence-electron chi connectivity index (χ1n) is 5.91. The molecule has 1 heterocycles. The Balaban J connectivity index is 2.00. The third-order valence-electron chi connectivity index (χ3n) is 2.77. The number of rotatable bonds is 2. The molecule has 1 unspecified atom stereocenters. The van der Waals surface area contributed by atoms with Crippen LogP contribution >= 0.6 is 43.6 Å². The normalized spacial score (nSPS) is 14.4. The topological polar surface area (TPSA) is 18.5 Å². The molecule has 0 spiro atoms. The van der Waals surface area contributed by atoms with E-state index in [4.69, 9.17) is 9.47 Å². The van der Waals surface area contributed by atoms with Gasteiger partial charge in [0.2, 0.25) is 0 Å². The first kappa shape index (κ1) is 16.0. The van der Waals surface area contributed by atoms with E-state index in [1.165, 1.54) is 6.07 Å². The zero-order valence-electron chi connectivity index (χ0n) is 10.6. The van der Waals surface area contributed by atoms with Gasteiger partial charge in [0, 0.05) is 13.8 Å². The molecule has 0 saturated heterocycles. The van der Waals surface area contributed by atoms with Crippen molar-refractivity contribution >= 4 is 43.6 Å². The number of benzene rings is 2. The Morgan fingerprint density at radius 2 is 1.86 bits per heavy atom. The molecule has 1 atom stereocenters. The number of fused-ring (bicyclic) bond motifs is 1. The highest BCUT2D eigenvalue weighted by molar-refractivity contribution is 9.11. The van der Waals surface area contributed by atoms with Crippen LogP contribution < -0.4 is 9.47 Å². The van der Waals surface area contributed by atoms with Crippen molar-refractivity contribution in [2.24, 2.45) is 0 Å². The van der Waals surface area contributed by atoms with Crippen LogP contribution in [0.25, 0.3) is 0 Å². The summed E-state index contributed by atoms with van der Waals surface area (Å²) >= 11 is 6.27. The third-order valence-corrected chi connectivity index (χ3v) is 4.68. The molecular weight excluding hydrogens is 449 g/mol. The van der Waals surface area contributed by atoms with E-state index in [-0.39, 0.29) is 16.7 Å². The number of alkyl halides is 3. The van der Waals surface area contributed by atoms with Gasteiger partial charge in [0.25, 0.3) is 6.29 Å². The lowest BCUT2D eigenvalue weighted by molar-refractivity contribution is -0.0330. The predicted molar refractivity (Wildman–Crippen MR) is 83.0 cm³/mol. The van der Waals surface area contributed by atoms with E-state index >= 15 is 0 Å². The number of thioether (sulfide) groups is 1. The summed E-state index contributed by atoms with van der Waals surface area (Å²) < 4.78 is 50.5. The summed E-state index contributed by atoms with van der Waals surface area (Å²) in [7, 11) is 0. The summed E-state index contributed by atoms with van der Waals surface area (Å²) in [5, 5.41) is 0. The Kier molecular flexibility index (Phi) is 4.35. The Labute approximate surface area is 145 Å². The minimum Gasteiger partial charge on any atom is -0.447 e. The number of hydrogen-bond acceptors (Lipinski definition) is 3. The van der Waals surface area contributed by atoms with Gasteiger partial charge in [-0.25, -0.2) is 0 Å². The van der Waals surface area contributed by atoms with Crippen LogP contribution in [0.2, 0.25) is 0 Å². The fourth-order valence-electron chi connectivity index (χ4n) is 1.96. The van der Waals surface area contributed by atoms with Gasteiger partial charge in [0.05, 0.1) is 5.56 Å². The molecule has 0 saturated carbocycles. The van der Waals surface area contributed by atoms with Crippen LogP contribution in [0.5, 0.6) is 11.5 Å².